The Morgan fingerprint density at radius 3 is 2.95 bits per heavy atom. The lowest BCUT2D eigenvalue weighted by atomic mass is 9.89. The lowest BCUT2D eigenvalue weighted by molar-refractivity contribution is 0.00354. The van der Waals surface area contributed by atoms with Crippen molar-refractivity contribution in [2.75, 3.05) is 18.0 Å². The van der Waals surface area contributed by atoms with Crippen LogP contribution >= 0.6 is 15.9 Å². The Labute approximate surface area is 120 Å². The number of hydrogen-bond donors (Lipinski definition) is 1. The van der Waals surface area contributed by atoms with E-state index in [2.05, 4.69) is 37.7 Å². The van der Waals surface area contributed by atoms with Gasteiger partial charge in [0.2, 0.25) is 0 Å². The number of pyridine rings is 2. The molecule has 0 radical (unpaired) electrons. The maximum absolute atomic E-state index is 10.3. The molecule has 0 bridgehead atoms. The van der Waals surface area contributed by atoms with Crippen LogP contribution in [0, 0.1) is 0 Å². The molecule has 19 heavy (non-hydrogen) atoms. The molecule has 0 amide bonds. The molecule has 1 N–H and O–H groups in total. The molecule has 1 aliphatic rings. The Morgan fingerprint density at radius 2 is 2.21 bits per heavy atom. The van der Waals surface area contributed by atoms with Crippen molar-refractivity contribution in [1.29, 1.82) is 0 Å². The van der Waals surface area contributed by atoms with E-state index >= 15 is 0 Å². The maximum Gasteiger partial charge on any atom is 0.112 e. The van der Waals surface area contributed by atoms with Gasteiger partial charge in [-0.3, -0.25) is 9.97 Å². The Morgan fingerprint density at radius 1 is 1.42 bits per heavy atom. The fourth-order valence-corrected chi connectivity index (χ4v) is 3.02. The molecule has 2 aromatic rings. The summed E-state index contributed by atoms with van der Waals surface area (Å²) >= 11 is 3.41. The normalized spacial score (nSPS) is 17.5. The summed E-state index contributed by atoms with van der Waals surface area (Å²) in [6.07, 6.45) is 5.44. The SMILES string of the molecule is CCCC1(O)CN(c2ccnc3cc(Br)cnc23)C1. The van der Waals surface area contributed by atoms with Gasteiger partial charge in [-0.1, -0.05) is 13.3 Å². The fourth-order valence-electron chi connectivity index (χ4n) is 2.70. The highest BCUT2D eigenvalue weighted by atomic mass is 79.9. The quantitative estimate of drug-likeness (QED) is 0.944. The van der Waals surface area contributed by atoms with E-state index in [-0.39, 0.29) is 0 Å². The molecule has 100 valence electrons. The van der Waals surface area contributed by atoms with Gasteiger partial charge in [0, 0.05) is 30.0 Å². The molecule has 1 saturated heterocycles. The van der Waals surface area contributed by atoms with Crippen molar-refractivity contribution in [2.45, 2.75) is 25.4 Å². The standard InChI is InChI=1S/C14H16BrN3O/c1-2-4-14(19)8-18(9-14)12-3-5-16-11-6-10(15)7-17-13(11)12/h3,5-7,19H,2,4,8-9H2,1H3. The number of aliphatic hydroxyl groups is 1. The van der Waals surface area contributed by atoms with Crippen LogP contribution in [0.3, 0.4) is 0 Å². The van der Waals surface area contributed by atoms with Crippen molar-refractivity contribution in [3.8, 4) is 0 Å². The van der Waals surface area contributed by atoms with E-state index in [1.807, 2.05) is 12.1 Å². The van der Waals surface area contributed by atoms with Crippen LogP contribution in [-0.2, 0) is 0 Å². The first kappa shape index (κ1) is 12.8. The molecule has 0 aliphatic carbocycles. The van der Waals surface area contributed by atoms with E-state index < -0.39 is 5.60 Å². The number of halogens is 1. The number of anilines is 1. The van der Waals surface area contributed by atoms with Crippen molar-refractivity contribution in [1.82, 2.24) is 9.97 Å². The van der Waals surface area contributed by atoms with Crippen LogP contribution < -0.4 is 4.90 Å². The Hall–Kier alpha value is -1.20. The van der Waals surface area contributed by atoms with Gasteiger partial charge in [0.05, 0.1) is 16.8 Å². The summed E-state index contributed by atoms with van der Waals surface area (Å²) in [5.74, 6) is 0. The van der Waals surface area contributed by atoms with E-state index in [0.29, 0.717) is 13.1 Å². The number of β-amino-alcohol motifs (C(OH)–C–C–N with tert-alkyl or cyclic N) is 1. The van der Waals surface area contributed by atoms with Crippen LogP contribution in [0.15, 0.2) is 29.0 Å². The van der Waals surface area contributed by atoms with Gasteiger partial charge in [-0.15, -0.1) is 0 Å². The van der Waals surface area contributed by atoms with Gasteiger partial charge in [-0.2, -0.15) is 0 Å². The van der Waals surface area contributed by atoms with Crippen LogP contribution in [0.2, 0.25) is 0 Å². The summed E-state index contributed by atoms with van der Waals surface area (Å²) in [4.78, 5) is 10.9. The molecule has 3 heterocycles. The average molecular weight is 322 g/mol. The molecule has 2 aromatic heterocycles. The van der Waals surface area contributed by atoms with Crippen LogP contribution in [0.25, 0.3) is 11.0 Å². The van der Waals surface area contributed by atoms with E-state index in [1.165, 1.54) is 0 Å². The van der Waals surface area contributed by atoms with Gasteiger partial charge in [0.15, 0.2) is 0 Å². The molecule has 1 fully saturated rings. The average Bonchev–Trinajstić information content (AvgIpc) is 2.35. The van der Waals surface area contributed by atoms with Crippen molar-refractivity contribution in [3.63, 3.8) is 0 Å². The summed E-state index contributed by atoms with van der Waals surface area (Å²) in [6, 6.07) is 3.93. The van der Waals surface area contributed by atoms with Gasteiger partial charge in [-0.05, 0) is 34.5 Å². The molecule has 0 unspecified atom stereocenters. The third kappa shape index (κ3) is 2.32. The number of rotatable bonds is 3. The molecule has 0 saturated carbocycles. The Bertz CT molecular complexity index is 611. The Balaban J connectivity index is 1.91. The van der Waals surface area contributed by atoms with Gasteiger partial charge < -0.3 is 10.0 Å². The lowest BCUT2D eigenvalue weighted by Gasteiger charge is -2.48. The van der Waals surface area contributed by atoms with Crippen LogP contribution in [0.1, 0.15) is 19.8 Å². The lowest BCUT2D eigenvalue weighted by Crippen LogP contribution is -2.62. The first-order valence-corrected chi connectivity index (χ1v) is 7.28. The third-order valence-corrected chi connectivity index (χ3v) is 3.98. The summed E-state index contributed by atoms with van der Waals surface area (Å²) in [5.41, 5.74) is 2.29. The van der Waals surface area contributed by atoms with Crippen molar-refractivity contribution < 1.29 is 5.11 Å². The van der Waals surface area contributed by atoms with E-state index in [9.17, 15) is 5.11 Å². The van der Waals surface area contributed by atoms with Gasteiger partial charge in [0.25, 0.3) is 0 Å². The largest absolute Gasteiger partial charge is 0.386 e. The number of fused-ring (bicyclic) bond motifs is 1. The summed E-state index contributed by atoms with van der Waals surface area (Å²) < 4.78 is 0.927. The fraction of sp³-hybridized carbons (Fsp3) is 0.429. The predicted octanol–water partition coefficient (Wildman–Crippen LogP) is 2.74. The maximum atomic E-state index is 10.3. The van der Waals surface area contributed by atoms with E-state index in [0.717, 1.165) is 34.0 Å². The summed E-state index contributed by atoms with van der Waals surface area (Å²) in [7, 11) is 0. The first-order valence-electron chi connectivity index (χ1n) is 6.49. The minimum absolute atomic E-state index is 0.528. The first-order chi connectivity index (χ1) is 9.11. The second-order valence-corrected chi connectivity index (χ2v) is 6.10. The highest BCUT2D eigenvalue weighted by Crippen LogP contribution is 2.34. The third-order valence-electron chi connectivity index (χ3n) is 3.55. The smallest absolute Gasteiger partial charge is 0.112 e. The molecule has 1 aliphatic heterocycles. The predicted molar refractivity (Wildman–Crippen MR) is 79.3 cm³/mol. The number of aromatic nitrogens is 2. The van der Waals surface area contributed by atoms with Crippen molar-refractivity contribution in [2.24, 2.45) is 0 Å². The zero-order chi connectivity index (χ0) is 13.5. The van der Waals surface area contributed by atoms with E-state index in [4.69, 9.17) is 0 Å². The topological polar surface area (TPSA) is 49.2 Å². The van der Waals surface area contributed by atoms with Gasteiger partial charge >= 0.3 is 0 Å². The van der Waals surface area contributed by atoms with Gasteiger partial charge in [-0.25, -0.2) is 0 Å². The van der Waals surface area contributed by atoms with Crippen molar-refractivity contribution >= 4 is 32.7 Å². The second-order valence-electron chi connectivity index (χ2n) is 5.18. The molecular formula is C14H16BrN3O. The number of nitrogens with zero attached hydrogens (tertiary/aromatic N) is 3. The zero-order valence-electron chi connectivity index (χ0n) is 10.8. The van der Waals surface area contributed by atoms with Gasteiger partial charge in [0.1, 0.15) is 5.52 Å². The van der Waals surface area contributed by atoms with Crippen LogP contribution in [-0.4, -0.2) is 33.8 Å². The minimum atomic E-state index is -0.528. The molecule has 0 spiro atoms. The van der Waals surface area contributed by atoms with Crippen molar-refractivity contribution in [3.05, 3.63) is 29.0 Å². The minimum Gasteiger partial charge on any atom is -0.386 e. The molecule has 5 heteroatoms. The summed E-state index contributed by atoms with van der Waals surface area (Å²) in [6.45, 7) is 3.46. The molecule has 4 nitrogen and oxygen atoms in total. The highest BCUT2D eigenvalue weighted by Gasteiger charge is 2.40. The van der Waals surface area contributed by atoms with Crippen LogP contribution in [0.4, 0.5) is 5.69 Å². The zero-order valence-corrected chi connectivity index (χ0v) is 12.4. The monoisotopic (exact) mass is 321 g/mol. The molecular weight excluding hydrogens is 306 g/mol. The highest BCUT2D eigenvalue weighted by molar-refractivity contribution is 9.10. The Kier molecular flexibility index (Phi) is 3.19. The number of hydrogen-bond acceptors (Lipinski definition) is 4. The van der Waals surface area contributed by atoms with Crippen LogP contribution in [0.5, 0.6) is 0 Å². The summed E-state index contributed by atoms with van der Waals surface area (Å²) in [5, 5.41) is 10.3. The molecule has 0 atom stereocenters. The molecule has 3 rings (SSSR count). The van der Waals surface area contributed by atoms with E-state index in [1.54, 1.807) is 12.4 Å². The molecule has 0 aromatic carbocycles. The second kappa shape index (κ2) is 4.72.